The first-order valence-electron chi connectivity index (χ1n) is 6.27. The molecule has 102 valence electrons. The first-order chi connectivity index (χ1) is 9.01. The largest absolute Gasteiger partial charge is 0.314 e. The topological polar surface area (TPSA) is 82.0 Å². The summed E-state index contributed by atoms with van der Waals surface area (Å²) >= 11 is 0. The van der Waals surface area contributed by atoms with E-state index in [-0.39, 0.29) is 10.9 Å². The van der Waals surface area contributed by atoms with Gasteiger partial charge >= 0.3 is 0 Å². The maximum atomic E-state index is 12.2. The molecule has 2 rings (SSSR count). The predicted molar refractivity (Wildman–Crippen MR) is 72.0 cm³/mol. The molecule has 1 heterocycles. The highest BCUT2D eigenvalue weighted by Crippen LogP contribution is 2.14. The van der Waals surface area contributed by atoms with Crippen molar-refractivity contribution in [2.75, 3.05) is 6.54 Å². The van der Waals surface area contributed by atoms with Crippen LogP contribution in [0.4, 0.5) is 0 Å². The Bertz CT molecular complexity index is 575. The first-order valence-corrected chi connectivity index (χ1v) is 7.75. The van der Waals surface area contributed by atoms with Crippen molar-refractivity contribution in [1.29, 1.82) is 5.26 Å². The van der Waals surface area contributed by atoms with Gasteiger partial charge < -0.3 is 5.32 Å². The summed E-state index contributed by atoms with van der Waals surface area (Å²) in [4.78, 5) is 0.206. The summed E-state index contributed by atoms with van der Waals surface area (Å²) in [6.45, 7) is 2.86. The molecule has 1 aliphatic rings. The fourth-order valence-electron chi connectivity index (χ4n) is 2.24. The third-order valence-electron chi connectivity index (χ3n) is 3.24. The highest BCUT2D eigenvalue weighted by atomic mass is 32.2. The fourth-order valence-corrected chi connectivity index (χ4v) is 3.52. The van der Waals surface area contributed by atoms with E-state index >= 15 is 0 Å². The van der Waals surface area contributed by atoms with Crippen LogP contribution in [0.25, 0.3) is 0 Å². The van der Waals surface area contributed by atoms with Gasteiger partial charge in [-0.05, 0) is 50.6 Å². The number of nitriles is 1. The average molecular weight is 279 g/mol. The Kier molecular flexibility index (Phi) is 4.20. The van der Waals surface area contributed by atoms with E-state index in [9.17, 15) is 8.42 Å². The number of piperidine rings is 1. The van der Waals surface area contributed by atoms with E-state index in [0.29, 0.717) is 11.6 Å². The van der Waals surface area contributed by atoms with Crippen LogP contribution in [0, 0.1) is 11.3 Å². The van der Waals surface area contributed by atoms with E-state index in [4.69, 9.17) is 5.26 Å². The highest BCUT2D eigenvalue weighted by Gasteiger charge is 2.24. The second-order valence-electron chi connectivity index (χ2n) is 4.83. The van der Waals surface area contributed by atoms with Crippen LogP contribution in [0.2, 0.25) is 0 Å². The zero-order valence-electron chi connectivity index (χ0n) is 10.8. The van der Waals surface area contributed by atoms with Crippen LogP contribution in [0.5, 0.6) is 0 Å². The molecular formula is C13H17N3O2S. The molecule has 0 bridgehead atoms. The number of nitrogens with zero attached hydrogens (tertiary/aromatic N) is 1. The minimum absolute atomic E-state index is 0.0307. The summed E-state index contributed by atoms with van der Waals surface area (Å²) < 4.78 is 27.1. The summed E-state index contributed by atoms with van der Waals surface area (Å²) in [6, 6.07) is 8.21. The molecule has 1 aliphatic heterocycles. The average Bonchev–Trinajstić information content (AvgIpc) is 2.38. The lowest BCUT2D eigenvalue weighted by Crippen LogP contribution is -2.46. The van der Waals surface area contributed by atoms with Gasteiger partial charge in [-0.3, -0.25) is 0 Å². The predicted octanol–water partition coefficient (Wildman–Crippen LogP) is 0.977. The number of hydrogen-bond acceptors (Lipinski definition) is 4. The van der Waals surface area contributed by atoms with Crippen molar-refractivity contribution in [3.8, 4) is 6.07 Å². The lowest BCUT2D eigenvalue weighted by Gasteiger charge is -2.28. The summed E-state index contributed by atoms with van der Waals surface area (Å²) in [5.74, 6) is 0. The Morgan fingerprint density at radius 3 is 2.63 bits per heavy atom. The number of benzene rings is 1. The minimum atomic E-state index is -3.50. The minimum Gasteiger partial charge on any atom is -0.314 e. The molecular weight excluding hydrogens is 262 g/mol. The molecule has 0 amide bonds. The van der Waals surface area contributed by atoms with Crippen LogP contribution in [-0.4, -0.2) is 27.0 Å². The summed E-state index contributed by atoms with van der Waals surface area (Å²) in [5.41, 5.74) is 0.453. The second-order valence-corrected chi connectivity index (χ2v) is 6.55. The Morgan fingerprint density at radius 2 is 2.05 bits per heavy atom. The van der Waals surface area contributed by atoms with Crippen molar-refractivity contribution in [3.63, 3.8) is 0 Å². The highest BCUT2D eigenvalue weighted by molar-refractivity contribution is 7.89. The molecule has 2 N–H and O–H groups in total. The van der Waals surface area contributed by atoms with Gasteiger partial charge in [-0.25, -0.2) is 13.1 Å². The van der Waals surface area contributed by atoms with Crippen LogP contribution in [0.15, 0.2) is 29.2 Å². The maximum absolute atomic E-state index is 12.2. The van der Waals surface area contributed by atoms with Gasteiger partial charge in [0.2, 0.25) is 10.0 Å². The van der Waals surface area contributed by atoms with Gasteiger partial charge in [0.15, 0.2) is 0 Å². The van der Waals surface area contributed by atoms with Gasteiger partial charge in [0, 0.05) is 12.1 Å². The lowest BCUT2D eigenvalue weighted by molar-refractivity contribution is 0.361. The van der Waals surface area contributed by atoms with Gasteiger partial charge in [-0.2, -0.15) is 5.26 Å². The van der Waals surface area contributed by atoms with Gasteiger partial charge in [0.1, 0.15) is 0 Å². The van der Waals surface area contributed by atoms with Crippen molar-refractivity contribution in [1.82, 2.24) is 10.0 Å². The zero-order chi connectivity index (χ0) is 13.9. The number of rotatable bonds is 3. The summed E-state index contributed by atoms with van der Waals surface area (Å²) in [7, 11) is -3.50. The van der Waals surface area contributed by atoms with Crippen molar-refractivity contribution < 1.29 is 8.42 Å². The maximum Gasteiger partial charge on any atom is 0.240 e. The van der Waals surface area contributed by atoms with E-state index < -0.39 is 10.0 Å². The van der Waals surface area contributed by atoms with Gasteiger partial charge in [0.05, 0.1) is 16.5 Å². The SMILES string of the molecule is CC1CC(NS(=O)(=O)c2ccc(C#N)cc2)CCN1. The standard InChI is InChI=1S/C13H17N3O2S/c1-10-8-12(6-7-15-10)16-19(17,18)13-4-2-11(9-14)3-5-13/h2-5,10,12,15-16H,6-8H2,1H3. The molecule has 1 fully saturated rings. The van der Waals surface area contributed by atoms with Crippen LogP contribution in [0.1, 0.15) is 25.3 Å². The normalized spacial score (nSPS) is 23.8. The monoisotopic (exact) mass is 279 g/mol. The Morgan fingerprint density at radius 1 is 1.37 bits per heavy atom. The second kappa shape index (κ2) is 5.70. The van der Waals surface area contributed by atoms with Crippen molar-refractivity contribution in [2.24, 2.45) is 0 Å². The summed E-state index contributed by atoms with van der Waals surface area (Å²) in [6.07, 6.45) is 1.58. The van der Waals surface area contributed by atoms with Gasteiger partial charge in [-0.15, -0.1) is 0 Å². The third kappa shape index (κ3) is 3.53. The molecule has 19 heavy (non-hydrogen) atoms. The van der Waals surface area contributed by atoms with Crippen molar-refractivity contribution in [3.05, 3.63) is 29.8 Å². The molecule has 0 aliphatic carbocycles. The van der Waals surface area contributed by atoms with Gasteiger partial charge in [0.25, 0.3) is 0 Å². The summed E-state index contributed by atoms with van der Waals surface area (Å²) in [5, 5.41) is 12.0. The number of nitrogens with one attached hydrogen (secondary N) is 2. The van der Waals surface area contributed by atoms with E-state index in [1.807, 2.05) is 13.0 Å². The molecule has 0 aromatic heterocycles. The van der Waals surface area contributed by atoms with Crippen molar-refractivity contribution in [2.45, 2.75) is 36.7 Å². The van der Waals surface area contributed by atoms with Crippen LogP contribution < -0.4 is 10.0 Å². The quantitative estimate of drug-likeness (QED) is 0.864. The molecule has 5 nitrogen and oxygen atoms in total. The molecule has 0 radical (unpaired) electrons. The van der Waals surface area contributed by atoms with Crippen LogP contribution in [0.3, 0.4) is 0 Å². The van der Waals surface area contributed by atoms with E-state index in [2.05, 4.69) is 10.0 Å². The third-order valence-corrected chi connectivity index (χ3v) is 4.78. The molecule has 0 spiro atoms. The molecule has 1 aromatic rings. The molecule has 2 atom stereocenters. The fraction of sp³-hybridized carbons (Fsp3) is 0.462. The Balaban J connectivity index is 2.11. The smallest absolute Gasteiger partial charge is 0.240 e. The molecule has 2 unspecified atom stereocenters. The zero-order valence-corrected chi connectivity index (χ0v) is 11.6. The van der Waals surface area contributed by atoms with Crippen LogP contribution >= 0.6 is 0 Å². The number of sulfonamides is 1. The first kappa shape index (κ1) is 14.0. The van der Waals surface area contributed by atoms with Crippen molar-refractivity contribution >= 4 is 10.0 Å². The van der Waals surface area contributed by atoms with E-state index in [0.717, 1.165) is 19.4 Å². The Labute approximate surface area is 113 Å². The van der Waals surface area contributed by atoms with E-state index in [1.165, 1.54) is 24.3 Å². The van der Waals surface area contributed by atoms with Gasteiger partial charge in [-0.1, -0.05) is 0 Å². The molecule has 1 aromatic carbocycles. The molecule has 0 saturated carbocycles. The molecule has 6 heteroatoms. The lowest BCUT2D eigenvalue weighted by atomic mass is 10.0. The van der Waals surface area contributed by atoms with Crippen LogP contribution in [-0.2, 0) is 10.0 Å². The molecule has 1 saturated heterocycles. The Hall–Kier alpha value is -1.42. The number of hydrogen-bond donors (Lipinski definition) is 2. The van der Waals surface area contributed by atoms with E-state index in [1.54, 1.807) is 0 Å².